The molecule has 1 aliphatic carbocycles. The van der Waals surface area contributed by atoms with Crippen molar-refractivity contribution >= 4 is 11.9 Å². The minimum absolute atomic E-state index is 0.221. The molecule has 1 aliphatic rings. The molecule has 1 aromatic carbocycles. The van der Waals surface area contributed by atoms with Crippen LogP contribution < -0.4 is 5.32 Å². The van der Waals surface area contributed by atoms with Crippen molar-refractivity contribution in [3.63, 3.8) is 0 Å². The predicted octanol–water partition coefficient (Wildman–Crippen LogP) is 2.79. The summed E-state index contributed by atoms with van der Waals surface area (Å²) >= 11 is 0. The standard InChI is InChI=1S/C16H19N3O3/c20-13-7-6-12(8-13)14-9-15(19-18-14)17-16(21)22-10-11-4-2-1-3-5-11/h1-5,9,12-13,20H,6-8,10H2,(H2,17,18,19,21). The molecule has 3 N–H and O–H groups in total. The number of aromatic nitrogens is 2. The summed E-state index contributed by atoms with van der Waals surface area (Å²) in [6.45, 7) is 0.221. The Morgan fingerprint density at radius 2 is 2.18 bits per heavy atom. The average molecular weight is 301 g/mol. The third kappa shape index (κ3) is 3.65. The summed E-state index contributed by atoms with van der Waals surface area (Å²) < 4.78 is 5.14. The number of nitrogens with zero attached hydrogens (tertiary/aromatic N) is 1. The summed E-state index contributed by atoms with van der Waals surface area (Å²) in [4.78, 5) is 11.7. The van der Waals surface area contributed by atoms with E-state index < -0.39 is 6.09 Å². The van der Waals surface area contributed by atoms with Crippen molar-refractivity contribution < 1.29 is 14.6 Å². The Morgan fingerprint density at radius 1 is 1.36 bits per heavy atom. The smallest absolute Gasteiger partial charge is 0.413 e. The van der Waals surface area contributed by atoms with Crippen LogP contribution in [0.25, 0.3) is 0 Å². The summed E-state index contributed by atoms with van der Waals surface area (Å²) in [6.07, 6.45) is 1.71. The zero-order valence-corrected chi connectivity index (χ0v) is 12.2. The van der Waals surface area contributed by atoms with Crippen LogP contribution in [0.5, 0.6) is 0 Å². The molecular weight excluding hydrogens is 282 g/mol. The largest absolute Gasteiger partial charge is 0.444 e. The Kier molecular flexibility index (Phi) is 4.39. The van der Waals surface area contributed by atoms with Gasteiger partial charge in [0.2, 0.25) is 0 Å². The number of H-pyrrole nitrogens is 1. The lowest BCUT2D eigenvalue weighted by Gasteiger charge is -2.05. The molecule has 1 heterocycles. The van der Waals surface area contributed by atoms with Gasteiger partial charge in [-0.25, -0.2) is 4.79 Å². The zero-order chi connectivity index (χ0) is 15.4. The lowest BCUT2D eigenvalue weighted by atomic mass is 10.0. The fraction of sp³-hybridized carbons (Fsp3) is 0.375. The number of aliphatic hydroxyl groups is 1. The number of anilines is 1. The average Bonchev–Trinajstić information content (AvgIpc) is 3.15. The molecule has 2 aromatic rings. The first-order chi connectivity index (χ1) is 10.7. The minimum atomic E-state index is -0.534. The summed E-state index contributed by atoms with van der Waals surface area (Å²) in [7, 11) is 0. The number of amides is 1. The van der Waals surface area contributed by atoms with Crippen molar-refractivity contribution in [2.45, 2.75) is 37.9 Å². The van der Waals surface area contributed by atoms with Gasteiger partial charge in [0.15, 0.2) is 5.82 Å². The summed E-state index contributed by atoms with van der Waals surface area (Å²) in [5.74, 6) is 0.716. The molecule has 0 radical (unpaired) electrons. The van der Waals surface area contributed by atoms with Crippen molar-refractivity contribution in [2.24, 2.45) is 0 Å². The number of aliphatic hydroxyl groups excluding tert-OH is 1. The molecule has 2 unspecified atom stereocenters. The molecule has 0 saturated heterocycles. The molecule has 1 saturated carbocycles. The molecule has 6 nitrogen and oxygen atoms in total. The Balaban J connectivity index is 1.50. The molecule has 6 heteroatoms. The first-order valence-corrected chi connectivity index (χ1v) is 7.42. The van der Waals surface area contributed by atoms with Gasteiger partial charge in [-0.3, -0.25) is 10.4 Å². The lowest BCUT2D eigenvalue weighted by Crippen LogP contribution is -2.13. The summed E-state index contributed by atoms with van der Waals surface area (Å²) in [5, 5.41) is 19.1. The molecule has 0 aliphatic heterocycles. The van der Waals surface area contributed by atoms with Crippen LogP contribution in [-0.2, 0) is 11.3 Å². The van der Waals surface area contributed by atoms with E-state index in [1.807, 2.05) is 30.3 Å². The van der Waals surface area contributed by atoms with Crippen LogP contribution in [0.3, 0.4) is 0 Å². The Bertz CT molecular complexity index is 627. The van der Waals surface area contributed by atoms with Crippen LogP contribution >= 0.6 is 0 Å². The van der Waals surface area contributed by atoms with Crippen LogP contribution in [0.2, 0.25) is 0 Å². The second-order valence-electron chi connectivity index (χ2n) is 5.56. The quantitative estimate of drug-likeness (QED) is 0.810. The van der Waals surface area contributed by atoms with Gasteiger partial charge in [0.1, 0.15) is 6.61 Å². The van der Waals surface area contributed by atoms with Crippen LogP contribution in [0.15, 0.2) is 36.4 Å². The highest BCUT2D eigenvalue weighted by atomic mass is 16.5. The van der Waals surface area contributed by atoms with E-state index in [0.717, 1.165) is 30.5 Å². The van der Waals surface area contributed by atoms with Crippen molar-refractivity contribution in [3.8, 4) is 0 Å². The molecule has 116 valence electrons. The van der Waals surface area contributed by atoms with E-state index in [-0.39, 0.29) is 18.6 Å². The highest BCUT2D eigenvalue weighted by molar-refractivity contribution is 5.83. The van der Waals surface area contributed by atoms with Gasteiger partial charge < -0.3 is 9.84 Å². The third-order valence-corrected chi connectivity index (χ3v) is 3.89. The second kappa shape index (κ2) is 6.62. The molecule has 1 fully saturated rings. The van der Waals surface area contributed by atoms with Gasteiger partial charge in [0.05, 0.1) is 6.10 Å². The first kappa shape index (κ1) is 14.6. The Morgan fingerprint density at radius 3 is 2.91 bits per heavy atom. The number of rotatable bonds is 4. The predicted molar refractivity (Wildman–Crippen MR) is 81.4 cm³/mol. The van der Waals surface area contributed by atoms with Gasteiger partial charge in [-0.15, -0.1) is 0 Å². The molecule has 0 spiro atoms. The van der Waals surface area contributed by atoms with E-state index in [1.165, 1.54) is 0 Å². The van der Waals surface area contributed by atoms with Gasteiger partial charge in [0.25, 0.3) is 0 Å². The SMILES string of the molecule is O=C(Nc1cc(C2CCC(O)C2)[nH]n1)OCc1ccccc1. The van der Waals surface area contributed by atoms with Gasteiger partial charge in [0, 0.05) is 17.7 Å². The molecule has 0 bridgehead atoms. The maximum absolute atomic E-state index is 11.7. The van der Waals surface area contributed by atoms with E-state index in [0.29, 0.717) is 5.82 Å². The molecule has 1 amide bonds. The second-order valence-corrected chi connectivity index (χ2v) is 5.56. The van der Waals surface area contributed by atoms with Crippen molar-refractivity contribution in [1.29, 1.82) is 0 Å². The van der Waals surface area contributed by atoms with E-state index in [2.05, 4.69) is 15.5 Å². The number of ether oxygens (including phenoxy) is 1. The molecule has 2 atom stereocenters. The fourth-order valence-corrected chi connectivity index (χ4v) is 2.71. The molecule has 22 heavy (non-hydrogen) atoms. The Labute approximate surface area is 128 Å². The fourth-order valence-electron chi connectivity index (χ4n) is 2.71. The number of aromatic amines is 1. The van der Waals surface area contributed by atoms with E-state index in [4.69, 9.17) is 4.74 Å². The normalized spacial score (nSPS) is 20.8. The highest BCUT2D eigenvalue weighted by Crippen LogP contribution is 2.34. The van der Waals surface area contributed by atoms with Crippen molar-refractivity contribution in [3.05, 3.63) is 47.7 Å². The Hall–Kier alpha value is -2.34. The maximum Gasteiger partial charge on any atom is 0.413 e. The van der Waals surface area contributed by atoms with Gasteiger partial charge in [-0.2, -0.15) is 5.10 Å². The number of hydrogen-bond acceptors (Lipinski definition) is 4. The highest BCUT2D eigenvalue weighted by Gasteiger charge is 2.25. The molecule has 1 aromatic heterocycles. The van der Waals surface area contributed by atoms with Crippen LogP contribution in [0.4, 0.5) is 10.6 Å². The number of carbonyl (C=O) groups is 1. The zero-order valence-electron chi connectivity index (χ0n) is 12.2. The minimum Gasteiger partial charge on any atom is -0.444 e. The monoisotopic (exact) mass is 301 g/mol. The van der Waals surface area contributed by atoms with Gasteiger partial charge in [-0.05, 0) is 24.8 Å². The van der Waals surface area contributed by atoms with Crippen molar-refractivity contribution in [1.82, 2.24) is 10.2 Å². The first-order valence-electron chi connectivity index (χ1n) is 7.42. The van der Waals surface area contributed by atoms with Crippen LogP contribution in [0, 0.1) is 0 Å². The molecule has 3 rings (SSSR count). The number of carbonyl (C=O) groups excluding carboxylic acids is 1. The van der Waals surface area contributed by atoms with E-state index in [9.17, 15) is 9.90 Å². The summed E-state index contributed by atoms with van der Waals surface area (Å²) in [5.41, 5.74) is 1.87. The van der Waals surface area contributed by atoms with Gasteiger partial charge in [-0.1, -0.05) is 30.3 Å². The van der Waals surface area contributed by atoms with E-state index >= 15 is 0 Å². The van der Waals surface area contributed by atoms with Crippen molar-refractivity contribution in [2.75, 3.05) is 5.32 Å². The number of nitrogens with one attached hydrogen (secondary N) is 2. The van der Waals surface area contributed by atoms with Crippen LogP contribution in [-0.4, -0.2) is 27.5 Å². The van der Waals surface area contributed by atoms with E-state index in [1.54, 1.807) is 6.07 Å². The lowest BCUT2D eigenvalue weighted by molar-refractivity contribution is 0.155. The maximum atomic E-state index is 11.7. The third-order valence-electron chi connectivity index (χ3n) is 3.89. The van der Waals surface area contributed by atoms with Gasteiger partial charge >= 0.3 is 6.09 Å². The summed E-state index contributed by atoms with van der Waals surface area (Å²) in [6, 6.07) is 11.3. The topological polar surface area (TPSA) is 87.2 Å². The molecular formula is C16H19N3O3. The number of benzene rings is 1. The van der Waals surface area contributed by atoms with Crippen LogP contribution in [0.1, 0.15) is 36.4 Å². The number of hydrogen-bond donors (Lipinski definition) is 3.